The number of fused-ring (bicyclic) bond motifs is 1. The van der Waals surface area contributed by atoms with E-state index in [9.17, 15) is 9.59 Å². The van der Waals surface area contributed by atoms with Gasteiger partial charge in [0.1, 0.15) is 31.4 Å². The highest BCUT2D eigenvalue weighted by Crippen LogP contribution is 2.29. The van der Waals surface area contributed by atoms with Gasteiger partial charge in [0.2, 0.25) is 5.91 Å². The number of para-hydroxylation sites is 2. The van der Waals surface area contributed by atoms with Crippen molar-refractivity contribution >= 4 is 17.5 Å². The summed E-state index contributed by atoms with van der Waals surface area (Å²) >= 11 is 0. The molecule has 3 N–H and O–H groups in total. The van der Waals surface area contributed by atoms with E-state index in [0.717, 1.165) is 38.4 Å². The van der Waals surface area contributed by atoms with E-state index in [2.05, 4.69) is 34.9 Å². The van der Waals surface area contributed by atoms with Crippen LogP contribution < -0.4 is 20.3 Å². The highest BCUT2D eigenvalue weighted by atomic mass is 16.5. The molecule has 0 saturated carbocycles. The second-order valence-electron chi connectivity index (χ2n) is 7.89. The van der Waals surface area contributed by atoms with Crippen molar-refractivity contribution < 1.29 is 24.0 Å². The number of hydrogen-bond donors (Lipinski definition) is 3. The Hall–Kier alpha value is -2.90. The molecule has 1 saturated heterocycles. The Bertz CT molecular complexity index is 894. The second kappa shape index (κ2) is 9.28. The van der Waals surface area contributed by atoms with Crippen molar-refractivity contribution in [2.24, 2.45) is 0 Å². The summed E-state index contributed by atoms with van der Waals surface area (Å²) in [5.74, 6) is 0.0880. The molecule has 0 aromatic heterocycles. The number of benzene rings is 2. The zero-order valence-electron chi connectivity index (χ0n) is 17.1. The van der Waals surface area contributed by atoms with Crippen LogP contribution in [0.1, 0.15) is 23.6 Å². The largest absolute Gasteiger partial charge is 0.478 e. The van der Waals surface area contributed by atoms with Gasteiger partial charge in [-0.25, -0.2) is 0 Å². The molecular weight excluding hydrogens is 382 g/mol. The lowest BCUT2D eigenvalue weighted by Gasteiger charge is -2.29. The Kier molecular flexibility index (Phi) is 6.30. The molecule has 4 rings (SSSR count). The fraction of sp³-hybridized carbons (Fsp3) is 0.391. The van der Waals surface area contributed by atoms with Crippen LogP contribution in [0.3, 0.4) is 0 Å². The van der Waals surface area contributed by atoms with Gasteiger partial charge in [-0.15, -0.1) is 0 Å². The Balaban J connectivity index is 1.43. The number of rotatable bonds is 6. The summed E-state index contributed by atoms with van der Waals surface area (Å²) in [6, 6.07) is 15.3. The molecular formula is C23H28N3O4+. The number of aryl methyl sites for hydroxylation is 1. The average Bonchev–Trinajstić information content (AvgIpc) is 2.75. The molecule has 0 bridgehead atoms. The Morgan fingerprint density at radius 1 is 1.17 bits per heavy atom. The number of morpholine rings is 1. The van der Waals surface area contributed by atoms with Crippen molar-refractivity contribution in [2.45, 2.75) is 25.5 Å². The van der Waals surface area contributed by atoms with E-state index in [1.165, 1.54) is 10.5 Å². The number of ether oxygens (including phenoxy) is 2. The predicted octanol–water partition coefficient (Wildman–Crippen LogP) is 0.857. The van der Waals surface area contributed by atoms with Crippen LogP contribution in [0.5, 0.6) is 5.75 Å². The molecule has 0 unspecified atom stereocenters. The molecule has 2 amide bonds. The highest BCUT2D eigenvalue weighted by Gasteiger charge is 2.31. The molecule has 30 heavy (non-hydrogen) atoms. The van der Waals surface area contributed by atoms with Crippen molar-refractivity contribution in [3.05, 3.63) is 59.7 Å². The highest BCUT2D eigenvalue weighted by molar-refractivity contribution is 5.99. The second-order valence-corrected chi connectivity index (χ2v) is 7.89. The standard InChI is InChI=1S/C23H27N3O4/c1-16-6-8-17(9-7-16)19(15-26-10-12-29-13-11-26)24-22(27)14-21-23(28)25-18-4-2-3-5-20(18)30-21/h2-9,19,21H,10-15H2,1H3,(H,24,27)(H,25,28)/p+1/t19-,21-/m0/s1. The van der Waals surface area contributed by atoms with Crippen molar-refractivity contribution in [2.75, 3.05) is 38.2 Å². The quantitative estimate of drug-likeness (QED) is 0.660. The maximum atomic E-state index is 12.9. The minimum Gasteiger partial charge on any atom is -0.478 e. The van der Waals surface area contributed by atoms with Crippen molar-refractivity contribution in [3.8, 4) is 5.75 Å². The number of quaternary nitrogens is 1. The molecule has 0 radical (unpaired) electrons. The topological polar surface area (TPSA) is 81.1 Å². The first-order valence-corrected chi connectivity index (χ1v) is 10.4. The van der Waals surface area contributed by atoms with Crippen LogP contribution in [0.4, 0.5) is 5.69 Å². The fourth-order valence-electron chi connectivity index (χ4n) is 3.85. The van der Waals surface area contributed by atoms with Crippen LogP contribution in [0.25, 0.3) is 0 Å². The van der Waals surface area contributed by atoms with E-state index in [1.807, 2.05) is 19.1 Å². The number of nitrogens with one attached hydrogen (secondary N) is 3. The first kappa shape index (κ1) is 20.4. The van der Waals surface area contributed by atoms with Gasteiger partial charge >= 0.3 is 0 Å². The van der Waals surface area contributed by atoms with Crippen LogP contribution in [0.2, 0.25) is 0 Å². The Labute approximate surface area is 176 Å². The third-order valence-electron chi connectivity index (χ3n) is 5.59. The predicted molar refractivity (Wildman–Crippen MR) is 113 cm³/mol. The molecule has 2 aliphatic rings. The normalized spacial score (nSPS) is 19.9. The summed E-state index contributed by atoms with van der Waals surface area (Å²) in [4.78, 5) is 26.6. The van der Waals surface area contributed by atoms with Gasteiger partial charge in [-0.3, -0.25) is 9.59 Å². The van der Waals surface area contributed by atoms with Gasteiger partial charge in [0.15, 0.2) is 6.10 Å². The number of anilines is 1. The molecule has 0 spiro atoms. The summed E-state index contributed by atoms with van der Waals surface area (Å²) in [5, 5.41) is 5.94. The van der Waals surface area contributed by atoms with Gasteiger partial charge in [-0.1, -0.05) is 42.0 Å². The van der Waals surface area contributed by atoms with Gasteiger partial charge in [-0.2, -0.15) is 0 Å². The fourth-order valence-corrected chi connectivity index (χ4v) is 3.85. The zero-order chi connectivity index (χ0) is 20.9. The number of carbonyl (C=O) groups excluding carboxylic acids is 2. The lowest BCUT2D eigenvalue weighted by Crippen LogP contribution is -3.14. The van der Waals surface area contributed by atoms with Crippen LogP contribution in [0, 0.1) is 6.92 Å². The maximum absolute atomic E-state index is 12.9. The summed E-state index contributed by atoms with van der Waals surface area (Å²) < 4.78 is 11.2. The van der Waals surface area contributed by atoms with E-state index in [-0.39, 0.29) is 24.3 Å². The van der Waals surface area contributed by atoms with Crippen molar-refractivity contribution in [1.29, 1.82) is 0 Å². The van der Waals surface area contributed by atoms with E-state index in [0.29, 0.717) is 11.4 Å². The molecule has 2 heterocycles. The molecule has 7 heteroatoms. The van der Waals surface area contributed by atoms with Crippen molar-refractivity contribution in [3.63, 3.8) is 0 Å². The number of amides is 2. The summed E-state index contributed by atoms with van der Waals surface area (Å²) in [6.07, 6.45) is -0.865. The maximum Gasteiger partial charge on any atom is 0.266 e. The molecule has 7 nitrogen and oxygen atoms in total. The van der Waals surface area contributed by atoms with Crippen LogP contribution in [-0.4, -0.2) is 50.8 Å². The molecule has 2 aromatic carbocycles. The monoisotopic (exact) mass is 410 g/mol. The average molecular weight is 410 g/mol. The first-order chi connectivity index (χ1) is 14.6. The lowest BCUT2D eigenvalue weighted by atomic mass is 10.0. The first-order valence-electron chi connectivity index (χ1n) is 10.4. The molecule has 0 aliphatic carbocycles. The zero-order valence-corrected chi connectivity index (χ0v) is 17.1. The van der Waals surface area contributed by atoms with E-state index in [4.69, 9.17) is 9.47 Å². The minimum atomic E-state index is -0.839. The van der Waals surface area contributed by atoms with Gasteiger partial charge in [0, 0.05) is 0 Å². The lowest BCUT2D eigenvalue weighted by molar-refractivity contribution is -0.909. The minimum absolute atomic E-state index is 0.0268. The molecule has 2 aromatic rings. The molecule has 2 atom stereocenters. The van der Waals surface area contributed by atoms with Crippen molar-refractivity contribution in [1.82, 2.24) is 5.32 Å². The molecule has 1 fully saturated rings. The molecule has 2 aliphatic heterocycles. The van der Waals surface area contributed by atoms with Crippen LogP contribution in [-0.2, 0) is 14.3 Å². The van der Waals surface area contributed by atoms with Gasteiger partial charge < -0.3 is 25.0 Å². The van der Waals surface area contributed by atoms with Crippen LogP contribution in [0.15, 0.2) is 48.5 Å². The van der Waals surface area contributed by atoms with E-state index >= 15 is 0 Å². The van der Waals surface area contributed by atoms with Gasteiger partial charge in [0.05, 0.1) is 25.3 Å². The summed E-state index contributed by atoms with van der Waals surface area (Å²) in [6.45, 7) is 6.13. The molecule has 158 valence electrons. The smallest absolute Gasteiger partial charge is 0.266 e. The summed E-state index contributed by atoms with van der Waals surface area (Å²) in [5.41, 5.74) is 2.87. The Morgan fingerprint density at radius 2 is 1.90 bits per heavy atom. The third kappa shape index (κ3) is 4.98. The van der Waals surface area contributed by atoms with Gasteiger partial charge in [-0.05, 0) is 24.6 Å². The Morgan fingerprint density at radius 3 is 2.67 bits per heavy atom. The number of hydrogen-bond acceptors (Lipinski definition) is 4. The van der Waals surface area contributed by atoms with E-state index < -0.39 is 6.10 Å². The van der Waals surface area contributed by atoms with E-state index in [1.54, 1.807) is 12.1 Å². The number of carbonyl (C=O) groups is 2. The third-order valence-corrected chi connectivity index (χ3v) is 5.59. The van der Waals surface area contributed by atoms with Gasteiger partial charge in [0.25, 0.3) is 5.91 Å². The summed E-state index contributed by atoms with van der Waals surface area (Å²) in [7, 11) is 0. The SMILES string of the molecule is Cc1ccc([C@H](C[NH+]2CCOCC2)NC(=O)C[C@@H]2Oc3ccccc3NC2=O)cc1. The van der Waals surface area contributed by atoms with Crippen LogP contribution >= 0.6 is 0 Å².